The lowest BCUT2D eigenvalue weighted by Gasteiger charge is -2.42. The molecule has 6 atom stereocenters. The van der Waals surface area contributed by atoms with Crippen molar-refractivity contribution in [2.24, 2.45) is 16.8 Å². The smallest absolute Gasteiger partial charge is 0.263 e. The highest BCUT2D eigenvalue weighted by Crippen LogP contribution is 2.58. The molecule has 2 amide bonds. The van der Waals surface area contributed by atoms with Crippen LogP contribution >= 0.6 is 35.0 Å². The average molecular weight is 684 g/mol. The van der Waals surface area contributed by atoms with Crippen molar-refractivity contribution < 1.29 is 14.0 Å². The third kappa shape index (κ3) is 4.72. The predicted octanol–water partition coefficient (Wildman–Crippen LogP) is 6.11. The summed E-state index contributed by atoms with van der Waals surface area (Å²) in [6, 6.07) is 7.70. The number of halogens is 3. The summed E-state index contributed by atoms with van der Waals surface area (Å²) in [6.45, 7) is 9.71. The van der Waals surface area contributed by atoms with Crippen LogP contribution in [0.5, 0.6) is 0 Å². The number of fused-ring (bicyclic) bond motifs is 2. The monoisotopic (exact) mass is 682 g/mol. The van der Waals surface area contributed by atoms with Crippen molar-refractivity contribution in [3.05, 3.63) is 74.3 Å². The van der Waals surface area contributed by atoms with Gasteiger partial charge in [-0.2, -0.15) is 0 Å². The van der Waals surface area contributed by atoms with Crippen LogP contribution in [0.25, 0.3) is 0 Å². The number of hydrogen-bond donors (Lipinski definition) is 1. The minimum atomic E-state index is -0.861. The van der Waals surface area contributed by atoms with Crippen LogP contribution in [0.4, 0.5) is 4.39 Å². The molecule has 2 aromatic rings. The number of aliphatic imine (C=N–C) groups is 1. The number of likely N-dealkylation sites (tertiary alicyclic amines) is 1. The summed E-state index contributed by atoms with van der Waals surface area (Å²) < 4.78 is 15.0. The third-order valence-corrected chi connectivity index (χ3v) is 12.4. The fraction of sp³-hybridized carbons (Fsp3) is 0.529. The van der Waals surface area contributed by atoms with E-state index < -0.39 is 23.4 Å². The lowest BCUT2D eigenvalue weighted by molar-refractivity contribution is -0.145. The molecule has 2 aliphatic carbocycles. The topological polar surface area (TPSA) is 81.1 Å². The van der Waals surface area contributed by atoms with Crippen LogP contribution in [0.1, 0.15) is 70.5 Å². The summed E-state index contributed by atoms with van der Waals surface area (Å²) in [6.07, 6.45) is 5.53. The van der Waals surface area contributed by atoms with E-state index in [1.165, 1.54) is 17.8 Å². The molecule has 12 heteroatoms. The average Bonchev–Trinajstić information content (AvgIpc) is 3.86. The molecule has 1 aromatic carbocycles. The van der Waals surface area contributed by atoms with Crippen molar-refractivity contribution in [3.63, 3.8) is 0 Å². The van der Waals surface area contributed by atoms with Crippen molar-refractivity contribution in [1.82, 2.24) is 25.0 Å². The van der Waals surface area contributed by atoms with E-state index in [0.717, 1.165) is 37.1 Å². The first-order chi connectivity index (χ1) is 21.9. The number of hydrogen-bond acceptors (Lipinski definition) is 7. The van der Waals surface area contributed by atoms with Gasteiger partial charge in [0.15, 0.2) is 5.17 Å². The number of carbonyl (C=O) groups is 2. The van der Waals surface area contributed by atoms with Gasteiger partial charge in [-0.1, -0.05) is 49.2 Å². The van der Waals surface area contributed by atoms with Crippen LogP contribution in [0.2, 0.25) is 10.2 Å². The SMILES string of the molecule is CC(C)C1=C(C(=O)N2[C@@H]3C[C@H]3C[C@H]2C(=O)N2CC3(CC3)NC[C@@H]2C)SC2=N[C@@](C)(c3ccc(Cl)nc3)[C@@H](c3ccc(Cl)c(F)c3)N21. The molecule has 5 heterocycles. The Morgan fingerprint density at radius 1 is 1.15 bits per heavy atom. The number of nitrogens with one attached hydrogen (secondary N) is 1. The van der Waals surface area contributed by atoms with Crippen LogP contribution in [-0.4, -0.2) is 73.4 Å². The van der Waals surface area contributed by atoms with E-state index >= 15 is 4.39 Å². The number of aromatic nitrogens is 1. The van der Waals surface area contributed by atoms with Gasteiger partial charge in [-0.05, 0) is 86.9 Å². The molecule has 4 aliphatic heterocycles. The van der Waals surface area contributed by atoms with Gasteiger partial charge in [0.05, 0.1) is 11.1 Å². The molecule has 1 aromatic heterocycles. The second-order valence-corrected chi connectivity index (χ2v) is 16.1. The first-order valence-corrected chi connectivity index (χ1v) is 17.7. The third-order valence-electron chi connectivity index (χ3n) is 10.9. The second-order valence-electron chi connectivity index (χ2n) is 14.3. The minimum absolute atomic E-state index is 0.0409. The van der Waals surface area contributed by atoms with Gasteiger partial charge < -0.3 is 20.0 Å². The van der Waals surface area contributed by atoms with Gasteiger partial charge in [0.25, 0.3) is 5.91 Å². The molecule has 8 nitrogen and oxygen atoms in total. The number of nitrogens with zero attached hydrogens (tertiary/aromatic N) is 5. The molecule has 8 rings (SSSR count). The largest absolute Gasteiger partial charge is 0.335 e. The Labute approximate surface area is 282 Å². The molecule has 2 saturated carbocycles. The number of allylic oxidation sites excluding steroid dienone is 1. The van der Waals surface area contributed by atoms with Crippen LogP contribution < -0.4 is 5.32 Å². The maximum Gasteiger partial charge on any atom is 0.263 e. The standard InChI is InChI=1S/C34H37Cl2FN6O2S/c1-17(2)27-28(31(45)42-24-12-20(24)13-25(42)30(44)41-16-34(9-10-34)39-14-18(41)3)46-32-40-33(4,21-6-8-26(36)38-15-21)29(43(27)32)19-5-7-22(35)23(37)11-19/h5-8,11,15,17-18,20,24-25,29,39H,9-10,12-14,16H2,1-4H3/t18-,20-,24+,25-,29+,33-/m0/s1. The number of benzene rings is 1. The first-order valence-electron chi connectivity index (χ1n) is 16.2. The zero-order valence-electron chi connectivity index (χ0n) is 26.3. The van der Waals surface area contributed by atoms with Crippen LogP contribution in [0, 0.1) is 17.7 Å². The van der Waals surface area contributed by atoms with Crippen LogP contribution in [-0.2, 0) is 15.1 Å². The van der Waals surface area contributed by atoms with E-state index in [0.29, 0.717) is 39.7 Å². The molecule has 2 saturated heterocycles. The predicted molar refractivity (Wildman–Crippen MR) is 178 cm³/mol. The minimum Gasteiger partial charge on any atom is -0.335 e. The zero-order chi connectivity index (χ0) is 32.3. The van der Waals surface area contributed by atoms with E-state index in [1.807, 2.05) is 28.9 Å². The molecular weight excluding hydrogens is 646 g/mol. The Kier molecular flexibility index (Phi) is 7.11. The first kappa shape index (κ1) is 30.7. The van der Waals surface area contributed by atoms with Gasteiger partial charge in [-0.3, -0.25) is 9.59 Å². The second kappa shape index (κ2) is 10.7. The van der Waals surface area contributed by atoms with Crippen molar-refractivity contribution in [1.29, 1.82) is 0 Å². The summed E-state index contributed by atoms with van der Waals surface area (Å²) in [5.41, 5.74) is 1.53. The lowest BCUT2D eigenvalue weighted by Crippen LogP contribution is -2.62. The molecule has 0 bridgehead atoms. The highest BCUT2D eigenvalue weighted by molar-refractivity contribution is 8.18. The highest BCUT2D eigenvalue weighted by Gasteiger charge is 2.60. The number of amidine groups is 1. The number of amides is 2. The van der Waals surface area contributed by atoms with Gasteiger partial charge in [0.1, 0.15) is 27.5 Å². The molecule has 0 radical (unpaired) electrons. The van der Waals surface area contributed by atoms with E-state index in [-0.39, 0.29) is 40.4 Å². The quantitative estimate of drug-likeness (QED) is 0.384. The Morgan fingerprint density at radius 2 is 1.93 bits per heavy atom. The zero-order valence-corrected chi connectivity index (χ0v) is 28.6. The normalized spacial score (nSPS) is 32.3. The van der Waals surface area contributed by atoms with E-state index in [4.69, 9.17) is 28.2 Å². The summed E-state index contributed by atoms with van der Waals surface area (Å²) >= 11 is 13.6. The van der Waals surface area contributed by atoms with E-state index in [1.54, 1.807) is 18.3 Å². The summed E-state index contributed by atoms with van der Waals surface area (Å²) in [7, 11) is 0. The van der Waals surface area contributed by atoms with Crippen molar-refractivity contribution >= 4 is 51.9 Å². The number of pyridine rings is 1. The number of carbonyl (C=O) groups excluding carboxylic acids is 2. The fourth-order valence-corrected chi connectivity index (χ4v) is 9.64. The molecule has 1 N–H and O–H groups in total. The summed E-state index contributed by atoms with van der Waals surface area (Å²) in [4.78, 5) is 45.1. The molecule has 1 spiro atoms. The Morgan fingerprint density at radius 3 is 2.61 bits per heavy atom. The van der Waals surface area contributed by atoms with Crippen molar-refractivity contribution in [3.8, 4) is 0 Å². The molecular formula is C34H37Cl2FN6O2S. The maximum atomic E-state index is 15.0. The Balaban J connectivity index is 1.17. The number of thioether (sulfide) groups is 1. The van der Waals surface area contributed by atoms with Crippen LogP contribution in [0.15, 0.2) is 52.1 Å². The lowest BCUT2D eigenvalue weighted by atomic mass is 9.81. The Bertz CT molecular complexity index is 1710. The van der Waals surface area contributed by atoms with Gasteiger partial charge in [-0.15, -0.1) is 0 Å². The fourth-order valence-electron chi connectivity index (χ4n) is 8.06. The number of piperidine rings is 1. The van der Waals surface area contributed by atoms with E-state index in [9.17, 15) is 9.59 Å². The van der Waals surface area contributed by atoms with Gasteiger partial charge in [0, 0.05) is 48.2 Å². The summed E-state index contributed by atoms with van der Waals surface area (Å²) in [5, 5.41) is 4.71. The summed E-state index contributed by atoms with van der Waals surface area (Å²) in [5.74, 6) is -0.238. The van der Waals surface area contributed by atoms with Crippen molar-refractivity contribution in [2.45, 2.75) is 88.6 Å². The highest BCUT2D eigenvalue weighted by atomic mass is 35.5. The number of piperazine rings is 1. The molecule has 4 fully saturated rings. The molecule has 0 unspecified atom stereocenters. The maximum absolute atomic E-state index is 15.0. The molecule has 242 valence electrons. The van der Waals surface area contributed by atoms with Crippen molar-refractivity contribution in [2.75, 3.05) is 13.1 Å². The van der Waals surface area contributed by atoms with E-state index in [2.05, 4.69) is 36.0 Å². The van der Waals surface area contributed by atoms with Gasteiger partial charge >= 0.3 is 0 Å². The van der Waals surface area contributed by atoms with Crippen LogP contribution in [0.3, 0.4) is 0 Å². The van der Waals surface area contributed by atoms with Gasteiger partial charge in [-0.25, -0.2) is 14.4 Å². The Hall–Kier alpha value is -2.66. The van der Waals surface area contributed by atoms with Gasteiger partial charge in [0.2, 0.25) is 5.91 Å². The molecule has 6 aliphatic rings. The molecule has 46 heavy (non-hydrogen) atoms. The number of rotatable bonds is 5.